The van der Waals surface area contributed by atoms with Gasteiger partial charge in [-0.05, 0) is 25.7 Å². The maximum atomic E-state index is 9.77. The van der Waals surface area contributed by atoms with Gasteiger partial charge in [-0.3, -0.25) is 4.79 Å². The Balaban J connectivity index is 0. The molecule has 2 aliphatic heterocycles. The third kappa shape index (κ3) is 9.03. The average Bonchev–Trinajstić information content (AvgIpc) is 2.40. The zero-order chi connectivity index (χ0) is 16.7. The summed E-state index contributed by atoms with van der Waals surface area (Å²) in [5.74, 6) is 6.67. The van der Waals surface area contributed by atoms with Crippen LogP contribution in [-0.4, -0.2) is 50.3 Å². The van der Waals surface area contributed by atoms with Crippen LogP contribution in [0.15, 0.2) is 0 Å². The highest BCUT2D eigenvalue weighted by Crippen LogP contribution is 2.27. The number of ketones is 1. The molecule has 0 radical (unpaired) electrons. The van der Waals surface area contributed by atoms with E-state index >= 15 is 0 Å². The maximum Gasteiger partial charge on any atom is 0.184 e. The van der Waals surface area contributed by atoms with Gasteiger partial charge in [-0.15, -0.1) is 37.1 Å². The van der Waals surface area contributed by atoms with Gasteiger partial charge in [0.1, 0.15) is 13.2 Å². The van der Waals surface area contributed by atoms with Crippen LogP contribution in [-0.2, 0) is 14.3 Å². The summed E-state index contributed by atoms with van der Waals surface area (Å²) < 4.78 is 9.54. The first kappa shape index (κ1) is 27.1. The number of hydrogen-bond acceptors (Lipinski definition) is 5. The molecule has 0 spiro atoms. The molecule has 0 atom stereocenters. The Labute approximate surface area is 165 Å². The topological polar surface area (TPSA) is 73.6 Å². The number of carbonyl (C=O) groups excluding carboxylic acids is 1. The highest BCUT2D eigenvalue weighted by molar-refractivity contribution is 5.85. The second-order valence-corrected chi connectivity index (χ2v) is 6.56. The van der Waals surface area contributed by atoms with Crippen molar-refractivity contribution < 1.29 is 14.3 Å². The number of nitrogens with two attached hydrogens (primary N) is 1. The molecule has 0 aromatic heterocycles. The molecule has 5 nitrogen and oxygen atoms in total. The normalized spacial score (nSPS) is 30.3. The molecule has 6 heteroatoms. The molecule has 4 fully saturated rings. The van der Waals surface area contributed by atoms with Crippen molar-refractivity contribution in [1.29, 1.82) is 0 Å². The van der Waals surface area contributed by atoms with Crippen LogP contribution in [0, 0.1) is 36.5 Å². The number of nitrogens with one attached hydrogen (secondary N) is 1. The van der Waals surface area contributed by atoms with Gasteiger partial charge in [-0.25, -0.2) is 0 Å². The SMILES string of the molecule is C.C.C#CC1CC(N)C1.C#CC1CC(NC2COC2)C1.Cl.O=C1COC1. The number of ether oxygens (including phenoxy) is 2. The van der Waals surface area contributed by atoms with Crippen LogP contribution in [0.25, 0.3) is 0 Å². The minimum Gasteiger partial charge on any atom is -0.378 e. The van der Waals surface area contributed by atoms with Crippen LogP contribution in [0.1, 0.15) is 40.5 Å². The summed E-state index contributed by atoms with van der Waals surface area (Å²) in [5, 5.41) is 3.50. The van der Waals surface area contributed by atoms with Crippen LogP contribution >= 0.6 is 12.4 Å². The van der Waals surface area contributed by atoms with Gasteiger partial charge in [-0.1, -0.05) is 14.9 Å². The Bertz CT molecular complexity index is 464. The van der Waals surface area contributed by atoms with Crippen LogP contribution in [0.5, 0.6) is 0 Å². The first-order chi connectivity index (χ1) is 11.1. The highest BCUT2D eigenvalue weighted by Gasteiger charge is 2.31. The first-order valence-electron chi connectivity index (χ1n) is 8.21. The summed E-state index contributed by atoms with van der Waals surface area (Å²) in [6, 6.07) is 1.68. The van der Waals surface area contributed by atoms with Gasteiger partial charge in [0.15, 0.2) is 5.78 Å². The fourth-order valence-electron chi connectivity index (χ4n) is 2.54. The second kappa shape index (κ2) is 14.0. The predicted octanol–water partition coefficient (Wildman–Crippen LogP) is 2.02. The van der Waals surface area contributed by atoms with Gasteiger partial charge >= 0.3 is 0 Å². The summed E-state index contributed by atoms with van der Waals surface area (Å²) in [7, 11) is 0. The van der Waals surface area contributed by atoms with Gasteiger partial charge in [0.2, 0.25) is 0 Å². The molecule has 2 aliphatic carbocycles. The molecule has 2 saturated carbocycles. The zero-order valence-electron chi connectivity index (χ0n) is 13.9. The van der Waals surface area contributed by atoms with E-state index in [9.17, 15) is 4.79 Å². The quantitative estimate of drug-likeness (QED) is 0.710. The fraction of sp³-hybridized carbons (Fsp3) is 0.750. The average molecular weight is 387 g/mol. The molecular weight excluding hydrogens is 352 g/mol. The number of carbonyl (C=O) groups is 1. The van der Waals surface area contributed by atoms with E-state index in [1.54, 1.807) is 0 Å². The molecule has 0 unspecified atom stereocenters. The Morgan fingerprint density at radius 3 is 1.62 bits per heavy atom. The van der Waals surface area contributed by atoms with Crippen LogP contribution in [0.4, 0.5) is 0 Å². The number of rotatable bonds is 2. The maximum absolute atomic E-state index is 9.77. The molecule has 26 heavy (non-hydrogen) atoms. The zero-order valence-corrected chi connectivity index (χ0v) is 14.7. The largest absolute Gasteiger partial charge is 0.378 e. The lowest BCUT2D eigenvalue weighted by molar-refractivity contribution is -0.140. The van der Waals surface area contributed by atoms with Gasteiger partial charge < -0.3 is 20.5 Å². The molecule has 3 N–H and O–H groups in total. The van der Waals surface area contributed by atoms with Crippen molar-refractivity contribution in [2.45, 2.75) is 58.7 Å². The fourth-order valence-corrected chi connectivity index (χ4v) is 2.54. The van der Waals surface area contributed by atoms with Crippen molar-refractivity contribution in [3.8, 4) is 24.7 Å². The molecule has 4 rings (SSSR count). The summed E-state index contributed by atoms with van der Waals surface area (Å²) >= 11 is 0. The lowest BCUT2D eigenvalue weighted by Crippen LogP contribution is -2.54. The summed E-state index contributed by atoms with van der Waals surface area (Å²) in [4.78, 5) is 9.77. The summed E-state index contributed by atoms with van der Waals surface area (Å²) in [6.07, 6.45) is 14.8. The van der Waals surface area contributed by atoms with E-state index in [4.69, 9.17) is 23.3 Å². The number of Topliss-reactive ketones (excluding diaryl/α,β-unsaturated/α-hetero) is 1. The van der Waals surface area contributed by atoms with E-state index in [0.29, 0.717) is 43.2 Å². The molecule has 0 aromatic rings. The number of terminal acetylenes is 2. The van der Waals surface area contributed by atoms with Crippen LogP contribution < -0.4 is 11.1 Å². The highest BCUT2D eigenvalue weighted by atomic mass is 35.5. The lowest BCUT2D eigenvalue weighted by Gasteiger charge is -2.38. The van der Waals surface area contributed by atoms with Crippen molar-refractivity contribution in [3.05, 3.63) is 0 Å². The van der Waals surface area contributed by atoms with Gasteiger partial charge in [0, 0.05) is 23.9 Å². The van der Waals surface area contributed by atoms with Crippen molar-refractivity contribution in [2.24, 2.45) is 17.6 Å². The van der Waals surface area contributed by atoms with Crippen LogP contribution in [0.3, 0.4) is 0 Å². The van der Waals surface area contributed by atoms with Crippen molar-refractivity contribution in [1.82, 2.24) is 5.32 Å². The first-order valence-corrected chi connectivity index (χ1v) is 8.21. The van der Waals surface area contributed by atoms with E-state index in [1.165, 1.54) is 0 Å². The van der Waals surface area contributed by atoms with E-state index in [2.05, 4.69) is 21.9 Å². The molecule has 2 saturated heterocycles. The Hall–Kier alpha value is -1.08. The lowest BCUT2D eigenvalue weighted by atomic mass is 9.80. The Morgan fingerprint density at radius 1 is 0.923 bits per heavy atom. The predicted molar refractivity (Wildman–Crippen MR) is 109 cm³/mol. The Morgan fingerprint density at radius 2 is 1.38 bits per heavy atom. The minimum atomic E-state index is 0. The second-order valence-electron chi connectivity index (χ2n) is 6.56. The van der Waals surface area contributed by atoms with Gasteiger partial charge in [-0.2, -0.15) is 0 Å². The molecule has 0 bridgehead atoms. The minimum absolute atomic E-state index is 0. The Kier molecular flexibility index (Phi) is 14.7. The molecule has 0 aromatic carbocycles. The van der Waals surface area contributed by atoms with Crippen molar-refractivity contribution in [2.75, 3.05) is 26.4 Å². The van der Waals surface area contributed by atoms with E-state index in [0.717, 1.165) is 38.9 Å². The molecule has 0 amide bonds. The van der Waals surface area contributed by atoms with E-state index < -0.39 is 0 Å². The number of halogens is 1. The van der Waals surface area contributed by atoms with Crippen LogP contribution in [0.2, 0.25) is 0 Å². The van der Waals surface area contributed by atoms with E-state index in [-0.39, 0.29) is 33.0 Å². The standard InChI is InChI=1S/C9H13NO.C6H9N.C3H4O2.2CH4.ClH/c1-2-7-3-8(4-7)10-9-5-11-6-9;1-2-5-3-6(7)4-5;4-3-1-5-2-3;;;/h1,7-10H,3-6H2;1,5-6H,3-4,7H2;1-2H2;2*1H4;1H. The molecule has 4 aliphatic rings. The summed E-state index contributed by atoms with van der Waals surface area (Å²) in [5.41, 5.74) is 5.45. The third-order valence-electron chi connectivity index (χ3n) is 4.42. The molecule has 150 valence electrons. The van der Waals surface area contributed by atoms with Gasteiger partial charge in [0.25, 0.3) is 0 Å². The third-order valence-corrected chi connectivity index (χ3v) is 4.42. The van der Waals surface area contributed by atoms with Crippen molar-refractivity contribution >= 4 is 18.2 Å². The molecular formula is C20H35ClN2O3. The monoisotopic (exact) mass is 386 g/mol. The number of hydrogen-bond donors (Lipinski definition) is 2. The summed E-state index contributed by atoms with van der Waals surface area (Å²) in [6.45, 7) is 2.47. The van der Waals surface area contributed by atoms with Crippen molar-refractivity contribution in [3.63, 3.8) is 0 Å². The molecule has 2 heterocycles. The van der Waals surface area contributed by atoms with E-state index in [1.807, 2.05) is 0 Å². The smallest absolute Gasteiger partial charge is 0.184 e. The van der Waals surface area contributed by atoms with Gasteiger partial charge in [0.05, 0.1) is 19.3 Å².